The van der Waals surface area contributed by atoms with Crippen LogP contribution in [0.3, 0.4) is 0 Å². The minimum Gasteiger partial charge on any atom is -0.494 e. The fourth-order valence-electron chi connectivity index (χ4n) is 4.42. The molecule has 4 nitrogen and oxygen atoms in total. The molecule has 210 valence electrons. The smallest absolute Gasteiger partial charge is 0.255 e. The van der Waals surface area contributed by atoms with Crippen molar-refractivity contribution < 1.29 is 9.53 Å². The fourth-order valence-corrected chi connectivity index (χ4v) is 5.35. The van der Waals surface area contributed by atoms with E-state index in [0.29, 0.717) is 22.9 Å². The lowest BCUT2D eigenvalue weighted by Crippen LogP contribution is -2.14. The Bertz CT molecular complexity index is 971. The van der Waals surface area contributed by atoms with Crippen molar-refractivity contribution in [3.8, 4) is 5.75 Å². The number of hydrogen-bond donors (Lipinski definition) is 1. The predicted molar refractivity (Wildman–Crippen MR) is 170 cm³/mol. The van der Waals surface area contributed by atoms with Crippen LogP contribution in [0.25, 0.3) is 0 Å². The molecule has 1 aliphatic rings. The zero-order chi connectivity index (χ0) is 26.1. The largest absolute Gasteiger partial charge is 0.494 e. The minimum atomic E-state index is -0.171. The second kappa shape index (κ2) is 19.4. The van der Waals surface area contributed by atoms with Gasteiger partial charge in [-0.15, -0.1) is 28.7 Å². The topological polar surface area (TPSA) is 41.6 Å². The number of carbonyl (C=O) groups excluding carboxylic acids is 1. The molecule has 0 saturated carbocycles. The Kier molecular flexibility index (Phi) is 16.7. The molecule has 2 aromatic rings. The van der Waals surface area contributed by atoms with Crippen molar-refractivity contribution in [2.75, 3.05) is 17.8 Å². The average Bonchev–Trinajstić information content (AvgIpc) is 3.42. The van der Waals surface area contributed by atoms with E-state index in [1.165, 1.54) is 76.2 Å². The summed E-state index contributed by atoms with van der Waals surface area (Å²) in [6, 6.07) is 13.2. The molecule has 38 heavy (non-hydrogen) atoms. The first-order valence-electron chi connectivity index (χ1n) is 14.0. The van der Waals surface area contributed by atoms with Crippen LogP contribution < -0.4 is 10.1 Å². The fraction of sp³-hybridized carbons (Fsp3) is 0.516. The Balaban J connectivity index is 0.00000507. The normalized spacial score (nSPS) is 12.4. The number of amides is 1. The van der Waals surface area contributed by atoms with Crippen molar-refractivity contribution in [2.24, 2.45) is 0 Å². The standard InChI is InChI=1S/C31H43ClN2O2S.BrH/c1-2-3-4-5-6-7-8-9-10-11-12-13-21-36-28-18-19-30(29(32)23-28)33-31(35)27-16-14-26(15-17-27)24-34-20-22-37-25-34;/h14-20,22-23H,2-13,21,24-25H2,1H3,(H,33,35);1H. The molecule has 1 heterocycles. The van der Waals surface area contributed by atoms with E-state index in [9.17, 15) is 4.79 Å². The van der Waals surface area contributed by atoms with E-state index in [1.807, 2.05) is 36.4 Å². The highest BCUT2D eigenvalue weighted by Crippen LogP contribution is 2.28. The van der Waals surface area contributed by atoms with Crippen LogP contribution in [0.4, 0.5) is 5.69 Å². The number of nitrogens with one attached hydrogen (secondary N) is 1. The van der Waals surface area contributed by atoms with Crippen molar-refractivity contribution >= 4 is 51.9 Å². The van der Waals surface area contributed by atoms with Gasteiger partial charge in [-0.3, -0.25) is 4.79 Å². The first kappa shape index (κ1) is 32.6. The lowest BCUT2D eigenvalue weighted by molar-refractivity contribution is 0.102. The summed E-state index contributed by atoms with van der Waals surface area (Å²) >= 11 is 8.22. The summed E-state index contributed by atoms with van der Waals surface area (Å²) in [5, 5.41) is 5.49. The number of hydrogen-bond acceptors (Lipinski definition) is 4. The number of halogens is 2. The zero-order valence-electron chi connectivity index (χ0n) is 22.8. The van der Waals surface area contributed by atoms with E-state index in [2.05, 4.69) is 28.7 Å². The Labute approximate surface area is 249 Å². The quantitative estimate of drug-likeness (QED) is 0.168. The second-order valence-corrected chi connectivity index (χ2v) is 11.1. The van der Waals surface area contributed by atoms with Gasteiger partial charge in [-0.05, 0) is 41.7 Å². The summed E-state index contributed by atoms with van der Waals surface area (Å²) in [5.74, 6) is 1.54. The molecule has 1 aliphatic heterocycles. The van der Waals surface area contributed by atoms with Crippen molar-refractivity contribution in [3.63, 3.8) is 0 Å². The number of unbranched alkanes of at least 4 members (excludes halogenated alkanes) is 11. The highest BCUT2D eigenvalue weighted by atomic mass is 79.9. The predicted octanol–water partition coefficient (Wildman–Crippen LogP) is 10.2. The van der Waals surface area contributed by atoms with Crippen LogP contribution >= 0.6 is 40.3 Å². The number of benzene rings is 2. The Morgan fingerprint density at radius 3 is 2.13 bits per heavy atom. The van der Waals surface area contributed by atoms with E-state index in [0.717, 1.165) is 24.6 Å². The van der Waals surface area contributed by atoms with Crippen molar-refractivity contribution in [3.05, 3.63) is 70.2 Å². The molecule has 0 atom stereocenters. The lowest BCUT2D eigenvalue weighted by Gasteiger charge is -2.14. The van der Waals surface area contributed by atoms with Gasteiger partial charge in [0.05, 0.1) is 23.2 Å². The van der Waals surface area contributed by atoms with Gasteiger partial charge in [0.25, 0.3) is 5.91 Å². The number of nitrogens with zero attached hydrogens (tertiary/aromatic N) is 1. The van der Waals surface area contributed by atoms with Gasteiger partial charge in [0.1, 0.15) is 5.75 Å². The molecule has 0 aliphatic carbocycles. The van der Waals surface area contributed by atoms with Crippen molar-refractivity contribution in [1.82, 2.24) is 4.90 Å². The number of rotatable bonds is 18. The van der Waals surface area contributed by atoms with Gasteiger partial charge >= 0.3 is 0 Å². The lowest BCUT2D eigenvalue weighted by atomic mass is 10.1. The molecule has 0 spiro atoms. The van der Waals surface area contributed by atoms with E-state index in [1.54, 1.807) is 17.8 Å². The molecule has 1 N–H and O–H groups in total. The highest BCUT2D eigenvalue weighted by Gasteiger charge is 2.11. The number of thioether (sulfide) groups is 1. The Morgan fingerprint density at radius 1 is 0.921 bits per heavy atom. The third kappa shape index (κ3) is 12.5. The van der Waals surface area contributed by atoms with E-state index >= 15 is 0 Å². The summed E-state index contributed by atoms with van der Waals surface area (Å²) in [6.45, 7) is 3.81. The molecule has 2 aromatic carbocycles. The molecule has 0 unspecified atom stereocenters. The molecule has 7 heteroatoms. The van der Waals surface area contributed by atoms with Gasteiger partial charge in [-0.2, -0.15) is 0 Å². The Morgan fingerprint density at radius 2 is 1.55 bits per heavy atom. The minimum absolute atomic E-state index is 0. The van der Waals surface area contributed by atoms with Gasteiger partial charge < -0.3 is 15.0 Å². The maximum Gasteiger partial charge on any atom is 0.255 e. The zero-order valence-corrected chi connectivity index (χ0v) is 26.0. The van der Waals surface area contributed by atoms with Crippen molar-refractivity contribution in [1.29, 1.82) is 0 Å². The molecule has 0 bridgehead atoms. The van der Waals surface area contributed by atoms with E-state index < -0.39 is 0 Å². The van der Waals surface area contributed by atoms with E-state index in [-0.39, 0.29) is 22.9 Å². The van der Waals surface area contributed by atoms with Gasteiger partial charge in [0, 0.05) is 24.4 Å². The molecule has 1 amide bonds. The van der Waals surface area contributed by atoms with Crippen LogP contribution in [-0.2, 0) is 6.54 Å². The second-order valence-electron chi connectivity index (χ2n) is 9.86. The van der Waals surface area contributed by atoms with Crippen LogP contribution in [0, 0.1) is 0 Å². The summed E-state index contributed by atoms with van der Waals surface area (Å²) < 4.78 is 5.88. The third-order valence-electron chi connectivity index (χ3n) is 6.67. The van der Waals surface area contributed by atoms with Gasteiger partial charge in [-0.25, -0.2) is 0 Å². The SMILES string of the molecule is Br.CCCCCCCCCCCCCCOc1ccc(NC(=O)c2ccc(CN3C=CSC3)cc2)c(Cl)c1. The first-order chi connectivity index (χ1) is 18.2. The maximum atomic E-state index is 12.7. The van der Waals surface area contributed by atoms with Crippen LogP contribution in [0.5, 0.6) is 5.75 Å². The van der Waals surface area contributed by atoms with Gasteiger partial charge in [0.15, 0.2) is 0 Å². The molecule has 0 aromatic heterocycles. The van der Waals surface area contributed by atoms with Gasteiger partial charge in [-0.1, -0.05) is 101 Å². The number of carbonyl (C=O) groups is 1. The van der Waals surface area contributed by atoms with Crippen LogP contribution in [0.2, 0.25) is 5.02 Å². The molecule has 0 fully saturated rings. The number of ether oxygens (including phenoxy) is 1. The summed E-state index contributed by atoms with van der Waals surface area (Å²) in [5.41, 5.74) is 2.38. The van der Waals surface area contributed by atoms with Gasteiger partial charge in [0.2, 0.25) is 0 Å². The van der Waals surface area contributed by atoms with Crippen LogP contribution in [-0.4, -0.2) is 23.3 Å². The molecular weight excluding hydrogens is 580 g/mol. The summed E-state index contributed by atoms with van der Waals surface area (Å²) in [7, 11) is 0. The van der Waals surface area contributed by atoms with E-state index in [4.69, 9.17) is 16.3 Å². The summed E-state index contributed by atoms with van der Waals surface area (Å²) in [4.78, 5) is 14.9. The monoisotopic (exact) mass is 622 g/mol. The van der Waals surface area contributed by atoms with Crippen molar-refractivity contribution in [2.45, 2.75) is 90.5 Å². The van der Waals surface area contributed by atoms with Crippen LogP contribution in [0.15, 0.2) is 54.1 Å². The van der Waals surface area contributed by atoms with Crippen LogP contribution in [0.1, 0.15) is 99.9 Å². The molecule has 0 radical (unpaired) electrons. The molecule has 0 saturated heterocycles. The highest BCUT2D eigenvalue weighted by molar-refractivity contribution is 8.93. The maximum absolute atomic E-state index is 12.7. The molecule has 3 rings (SSSR count). The molecular formula is C31H44BrClN2O2S. The third-order valence-corrected chi connectivity index (χ3v) is 7.77. The summed E-state index contributed by atoms with van der Waals surface area (Å²) in [6.07, 6.45) is 18.0. The number of anilines is 1. The first-order valence-corrected chi connectivity index (χ1v) is 15.4. The Hall–Kier alpha value is -1.63. The average molecular weight is 624 g/mol.